The lowest BCUT2D eigenvalue weighted by atomic mass is 9.93. The number of pyridine rings is 1. The molecular weight excluding hydrogens is 348 g/mol. The van der Waals surface area contributed by atoms with Crippen molar-refractivity contribution in [3.8, 4) is 11.8 Å². The SMILES string of the molecule is CCC1=CC=C(c2ccc(C(=O)O)cc2)C(C#Cc2ccc(N)nc2)=C(C)C1. The van der Waals surface area contributed by atoms with Crippen LogP contribution < -0.4 is 5.73 Å². The van der Waals surface area contributed by atoms with Crippen LogP contribution in [0, 0.1) is 11.8 Å². The second-order valence-electron chi connectivity index (χ2n) is 6.70. The molecule has 0 saturated carbocycles. The van der Waals surface area contributed by atoms with E-state index >= 15 is 0 Å². The molecule has 140 valence electrons. The third-order valence-electron chi connectivity index (χ3n) is 4.69. The van der Waals surface area contributed by atoms with Crippen molar-refractivity contribution >= 4 is 17.4 Å². The summed E-state index contributed by atoms with van der Waals surface area (Å²) < 4.78 is 0. The van der Waals surface area contributed by atoms with E-state index in [-0.39, 0.29) is 5.56 Å². The third kappa shape index (κ3) is 4.39. The second-order valence-corrected chi connectivity index (χ2v) is 6.70. The van der Waals surface area contributed by atoms with Crippen LogP contribution in [0.3, 0.4) is 0 Å². The van der Waals surface area contributed by atoms with E-state index in [4.69, 9.17) is 10.8 Å². The molecule has 0 atom stereocenters. The summed E-state index contributed by atoms with van der Waals surface area (Å²) in [6, 6.07) is 10.5. The number of aromatic carboxylic acids is 1. The minimum absolute atomic E-state index is 0.268. The van der Waals surface area contributed by atoms with Crippen LogP contribution in [0.15, 0.2) is 71.5 Å². The summed E-state index contributed by atoms with van der Waals surface area (Å²) in [5, 5.41) is 9.15. The molecule has 0 bridgehead atoms. The van der Waals surface area contributed by atoms with Gasteiger partial charge in [-0.25, -0.2) is 9.78 Å². The number of carbonyl (C=O) groups is 1. The van der Waals surface area contributed by atoms with Crippen molar-refractivity contribution < 1.29 is 9.90 Å². The van der Waals surface area contributed by atoms with Gasteiger partial charge >= 0.3 is 5.97 Å². The molecule has 0 spiro atoms. The molecule has 0 amide bonds. The maximum atomic E-state index is 11.2. The van der Waals surface area contributed by atoms with E-state index in [0.29, 0.717) is 5.82 Å². The van der Waals surface area contributed by atoms with Gasteiger partial charge in [-0.15, -0.1) is 0 Å². The number of hydrogen-bond acceptors (Lipinski definition) is 3. The highest BCUT2D eigenvalue weighted by Crippen LogP contribution is 2.32. The zero-order valence-electron chi connectivity index (χ0n) is 16.0. The summed E-state index contributed by atoms with van der Waals surface area (Å²) in [6.45, 7) is 4.24. The summed E-state index contributed by atoms with van der Waals surface area (Å²) in [7, 11) is 0. The number of allylic oxidation sites excluding steroid dienone is 6. The Balaban J connectivity index is 2.06. The molecule has 1 aromatic heterocycles. The molecule has 4 heteroatoms. The maximum absolute atomic E-state index is 11.2. The highest BCUT2D eigenvalue weighted by atomic mass is 16.4. The molecule has 1 heterocycles. The Morgan fingerprint density at radius 3 is 2.50 bits per heavy atom. The van der Waals surface area contributed by atoms with Crippen LogP contribution in [0.5, 0.6) is 0 Å². The lowest BCUT2D eigenvalue weighted by molar-refractivity contribution is 0.0697. The molecule has 0 unspecified atom stereocenters. The molecule has 0 fully saturated rings. The van der Waals surface area contributed by atoms with Crippen molar-refractivity contribution in [2.24, 2.45) is 0 Å². The number of nitrogens with two attached hydrogens (primary N) is 1. The van der Waals surface area contributed by atoms with Gasteiger partial charge < -0.3 is 10.8 Å². The number of anilines is 1. The Morgan fingerprint density at radius 1 is 1.14 bits per heavy atom. The highest BCUT2D eigenvalue weighted by molar-refractivity contribution is 5.90. The predicted molar refractivity (Wildman–Crippen MR) is 113 cm³/mol. The van der Waals surface area contributed by atoms with Crippen molar-refractivity contribution in [1.29, 1.82) is 0 Å². The van der Waals surface area contributed by atoms with Gasteiger partial charge in [-0.1, -0.05) is 54.2 Å². The fraction of sp³-hybridized carbons (Fsp3) is 0.167. The van der Waals surface area contributed by atoms with Crippen molar-refractivity contribution in [2.45, 2.75) is 26.7 Å². The fourth-order valence-corrected chi connectivity index (χ4v) is 3.07. The Hall–Kier alpha value is -3.58. The first-order chi connectivity index (χ1) is 13.5. The summed E-state index contributed by atoms with van der Waals surface area (Å²) in [5.74, 6) is 6.02. The largest absolute Gasteiger partial charge is 0.478 e. The van der Waals surface area contributed by atoms with E-state index in [1.54, 1.807) is 24.4 Å². The Morgan fingerprint density at radius 2 is 1.89 bits per heavy atom. The van der Waals surface area contributed by atoms with Gasteiger partial charge in [0.15, 0.2) is 0 Å². The molecule has 4 nitrogen and oxygen atoms in total. The van der Waals surface area contributed by atoms with Crippen molar-refractivity contribution in [1.82, 2.24) is 4.98 Å². The van der Waals surface area contributed by atoms with Crippen LogP contribution in [-0.2, 0) is 0 Å². The smallest absolute Gasteiger partial charge is 0.335 e. The van der Waals surface area contributed by atoms with Gasteiger partial charge in [-0.05, 0) is 55.2 Å². The summed E-state index contributed by atoms with van der Waals surface area (Å²) >= 11 is 0. The Kier molecular flexibility index (Phi) is 5.76. The number of carboxylic acids is 1. The van der Waals surface area contributed by atoms with E-state index in [1.807, 2.05) is 18.2 Å². The maximum Gasteiger partial charge on any atom is 0.335 e. The van der Waals surface area contributed by atoms with Crippen LogP contribution in [0.4, 0.5) is 5.82 Å². The second kappa shape index (κ2) is 8.41. The number of nitrogen functional groups attached to an aromatic ring is 1. The van der Waals surface area contributed by atoms with Gasteiger partial charge in [0.2, 0.25) is 0 Å². The first kappa shape index (κ1) is 19.2. The highest BCUT2D eigenvalue weighted by Gasteiger charge is 2.14. The minimum Gasteiger partial charge on any atom is -0.478 e. The summed E-state index contributed by atoms with van der Waals surface area (Å²) in [5.41, 5.74) is 12.1. The monoisotopic (exact) mass is 370 g/mol. The molecule has 2 aromatic rings. The topological polar surface area (TPSA) is 76.2 Å². The van der Waals surface area contributed by atoms with E-state index in [0.717, 1.165) is 35.1 Å². The van der Waals surface area contributed by atoms with E-state index in [2.05, 4.69) is 42.8 Å². The van der Waals surface area contributed by atoms with Gasteiger partial charge in [0, 0.05) is 17.3 Å². The number of hydrogen-bond donors (Lipinski definition) is 2. The molecular formula is C24H22N2O2. The van der Waals surface area contributed by atoms with Crippen molar-refractivity contribution in [3.63, 3.8) is 0 Å². The quantitative estimate of drug-likeness (QED) is 0.757. The number of carboxylic acid groups (broad SMARTS) is 1. The zero-order valence-corrected chi connectivity index (χ0v) is 16.0. The van der Waals surface area contributed by atoms with Gasteiger partial charge in [0.25, 0.3) is 0 Å². The minimum atomic E-state index is -0.933. The molecule has 1 aliphatic carbocycles. The van der Waals surface area contributed by atoms with Crippen molar-refractivity contribution in [2.75, 3.05) is 5.73 Å². The fourth-order valence-electron chi connectivity index (χ4n) is 3.07. The number of nitrogens with zero attached hydrogens (tertiary/aromatic N) is 1. The molecule has 3 N–H and O–H groups in total. The van der Waals surface area contributed by atoms with E-state index < -0.39 is 5.97 Å². The summed E-state index contributed by atoms with van der Waals surface area (Å²) in [6.07, 6.45) is 7.73. The first-order valence-corrected chi connectivity index (χ1v) is 9.15. The van der Waals surface area contributed by atoms with Crippen LogP contribution >= 0.6 is 0 Å². The van der Waals surface area contributed by atoms with Gasteiger partial charge in [0.1, 0.15) is 5.82 Å². The van der Waals surface area contributed by atoms with Gasteiger partial charge in [-0.3, -0.25) is 0 Å². The number of benzene rings is 1. The number of aromatic nitrogens is 1. The predicted octanol–water partition coefficient (Wildman–Crippen LogP) is 4.85. The Labute approximate surface area is 165 Å². The molecule has 1 aliphatic rings. The van der Waals surface area contributed by atoms with E-state index in [9.17, 15) is 4.79 Å². The first-order valence-electron chi connectivity index (χ1n) is 9.15. The summed E-state index contributed by atoms with van der Waals surface area (Å²) in [4.78, 5) is 15.2. The van der Waals surface area contributed by atoms with Crippen LogP contribution in [0.1, 0.15) is 48.2 Å². The average Bonchev–Trinajstić information content (AvgIpc) is 2.86. The standard InChI is InChI=1S/C24H22N2O2/c1-3-17-4-12-22(19-7-9-20(10-8-19)24(27)28)21(16(2)14-17)11-5-18-6-13-23(25)26-15-18/h4,6-10,12-13,15H,3,14H2,1-2H3,(H2,25,26)(H,27,28). The van der Waals surface area contributed by atoms with Gasteiger partial charge in [0.05, 0.1) is 5.56 Å². The average molecular weight is 370 g/mol. The lowest BCUT2D eigenvalue weighted by Gasteiger charge is -2.10. The Bertz CT molecular complexity index is 1040. The molecule has 1 aromatic carbocycles. The van der Waals surface area contributed by atoms with Crippen LogP contribution in [0.2, 0.25) is 0 Å². The normalized spacial score (nSPS) is 13.8. The molecule has 3 rings (SSSR count). The molecule has 0 saturated heterocycles. The molecule has 0 aliphatic heterocycles. The van der Waals surface area contributed by atoms with E-state index in [1.165, 1.54) is 11.1 Å². The number of rotatable bonds is 3. The van der Waals surface area contributed by atoms with Crippen LogP contribution in [-0.4, -0.2) is 16.1 Å². The molecule has 0 radical (unpaired) electrons. The van der Waals surface area contributed by atoms with Crippen molar-refractivity contribution in [3.05, 3.63) is 88.2 Å². The third-order valence-corrected chi connectivity index (χ3v) is 4.69. The van der Waals surface area contributed by atoms with Crippen LogP contribution in [0.25, 0.3) is 5.57 Å². The zero-order chi connectivity index (χ0) is 20.1. The lowest BCUT2D eigenvalue weighted by Crippen LogP contribution is -1.97. The van der Waals surface area contributed by atoms with Gasteiger partial charge in [-0.2, -0.15) is 0 Å². The molecule has 28 heavy (non-hydrogen) atoms.